The molecule has 0 saturated heterocycles. The van der Waals surface area contributed by atoms with E-state index in [1.807, 2.05) is 11.3 Å². The van der Waals surface area contributed by atoms with Gasteiger partial charge in [0.05, 0.1) is 0 Å². The highest BCUT2D eigenvalue weighted by Crippen LogP contribution is 2.39. The topological polar surface area (TPSA) is 43.6 Å². The zero-order valence-electron chi connectivity index (χ0n) is 51.0. The van der Waals surface area contributed by atoms with E-state index in [0.717, 1.165) is 27.8 Å². The minimum absolute atomic E-state index is 0.657. The van der Waals surface area contributed by atoms with Crippen molar-refractivity contribution in [2.45, 2.75) is 0 Å². The molecule has 3 heterocycles. The molecule has 0 radical (unpaired) electrons. The average Bonchev–Trinajstić information content (AvgIpc) is 2.50. The lowest BCUT2D eigenvalue weighted by molar-refractivity contribution is 1.08. The smallest absolute Gasteiger partial charge is 0.164 e. The van der Waals surface area contributed by atoms with E-state index in [4.69, 9.17) is 15.0 Å². The second kappa shape index (κ2) is 20.3. The van der Waals surface area contributed by atoms with Crippen LogP contribution in [0.3, 0.4) is 0 Å². The molecule has 0 aliphatic carbocycles. The summed E-state index contributed by atoms with van der Waals surface area (Å²) in [6, 6.07) is 37.3. The molecule has 12 aromatic rings. The van der Waals surface area contributed by atoms with Crippen LogP contribution in [0.4, 0.5) is 0 Å². The molecule has 3 aromatic heterocycles. The molecule has 12 rings (SSSR count). The highest BCUT2D eigenvalue weighted by atomic mass is 32.1. The van der Waals surface area contributed by atoms with Crippen molar-refractivity contribution in [1.29, 1.82) is 0 Å². The van der Waals surface area contributed by atoms with Crippen molar-refractivity contribution in [3.8, 4) is 73.2 Å². The van der Waals surface area contributed by atoms with E-state index in [-0.39, 0.29) is 0 Å². The van der Waals surface area contributed by atoms with Crippen molar-refractivity contribution < 1.29 is 0 Å². The van der Waals surface area contributed by atoms with Crippen LogP contribution in [0.25, 0.3) is 115 Å². The molecule has 0 atom stereocenters. The molecule has 0 aliphatic heterocycles. The molecule has 81 heavy (non-hydrogen) atoms. The van der Waals surface area contributed by atoms with Crippen LogP contribution >= 0.6 is 11.3 Å². The maximum Gasteiger partial charge on any atom is 0.164 e. The van der Waals surface area contributed by atoms with Crippen LogP contribution in [0.2, 0.25) is 0 Å². The Bertz CT molecular complexity index is 4730. The van der Waals surface area contributed by atoms with Gasteiger partial charge in [-0.25, -0.2) is 15.0 Å². The predicted octanol–water partition coefficient (Wildman–Crippen LogP) is -17.8. The van der Waals surface area contributed by atoms with Gasteiger partial charge in [0.15, 0.2) is 17.5 Å². The zero-order chi connectivity index (χ0) is 57.5. The number of nitrogens with zero attached hydrogens (tertiary/aromatic N) is 4. The summed E-state index contributed by atoms with van der Waals surface area (Å²) < 4.78 is 5.23. The van der Waals surface area contributed by atoms with Crippen molar-refractivity contribution >= 4 is 306 Å². The van der Waals surface area contributed by atoms with Crippen molar-refractivity contribution in [1.82, 2.24) is 19.5 Å². The largest absolute Gasteiger partial charge is 0.312 e. The normalized spacial score (nSPS) is 11.7. The fourth-order valence-electron chi connectivity index (χ4n) is 13.5. The van der Waals surface area contributed by atoms with E-state index < -0.39 is 0 Å². The SMILES string of the molecule is Bc1c(B)c(B)c(-n2c3c(B)c(B)c(B)c(B)c3c3c(-c4nc(-c5ccc(-c6cccc(-c7cccc(-c8ccccc8)c7)c6)cc5)nc(-c5c(B)c(B)c(B)c6c5sc5c(B)c(B)c(B)c(B)c56)n4)c(B)c(B)c(B)c32)c(B)c1B. The van der Waals surface area contributed by atoms with Gasteiger partial charge >= 0.3 is 0 Å². The maximum atomic E-state index is 5.87. The van der Waals surface area contributed by atoms with Crippen LogP contribution in [0.5, 0.6) is 0 Å². The second-order valence-corrected chi connectivity index (χ2v) is 24.7. The van der Waals surface area contributed by atoms with E-state index in [1.54, 1.807) is 0 Å². The number of fused-ring (bicyclic) bond motifs is 6. The van der Waals surface area contributed by atoms with Crippen LogP contribution in [-0.4, -0.2) is 169 Å². The molecule has 0 bridgehead atoms. The van der Waals surface area contributed by atoms with E-state index >= 15 is 0 Å². The predicted molar refractivity (Wildman–Crippen MR) is 415 cm³/mol. The van der Waals surface area contributed by atoms with Gasteiger partial charge in [0, 0.05) is 53.6 Å². The summed E-state index contributed by atoms with van der Waals surface area (Å²) in [5.41, 5.74) is 38.8. The summed E-state index contributed by atoms with van der Waals surface area (Å²) in [5.74, 6) is 2.06. The minimum atomic E-state index is 0.657. The Hall–Kier alpha value is -6.76. The third-order valence-electron chi connectivity index (χ3n) is 20.0. The number of benzene rings is 9. The van der Waals surface area contributed by atoms with Gasteiger partial charge < -0.3 is 4.57 Å². The van der Waals surface area contributed by atoms with Crippen LogP contribution in [-0.2, 0) is 0 Å². The number of hydrogen-bond donors (Lipinski definition) is 0. The highest BCUT2D eigenvalue weighted by Gasteiger charge is 2.30. The molecule has 24 heteroatoms. The van der Waals surface area contributed by atoms with E-state index in [2.05, 4.69) is 257 Å². The molecular formula is C57H55B19N4S. The van der Waals surface area contributed by atoms with Crippen molar-refractivity contribution in [3.63, 3.8) is 0 Å². The van der Waals surface area contributed by atoms with Gasteiger partial charge in [0.1, 0.15) is 149 Å². The number of rotatable bonds is 7. The molecule has 0 saturated carbocycles. The minimum Gasteiger partial charge on any atom is -0.312 e. The standard InChI is InChI=1S/C57H55B19N4S/c58-31-26-25-29(34(61)39(66)45(72)50(25)80(51(26)46(73)41(68)37(31)64)52-47(74)42(69)40(67)43(70)48(52)75)56-77-55(78-57(79-56)30-35(62)36(63)32(59)27-28-33(60)38(65)44(71)49(76)54(28)81-53(27)30)20-14-12-19(13-15-20)22-9-5-11-24(17-22)23-10-4-8-21(16-23)18-6-2-1-3-7-18/h1-17H,58-76H2. The lowest BCUT2D eigenvalue weighted by Crippen LogP contribution is -2.56. The first-order chi connectivity index (χ1) is 38.6. The molecule has 366 valence electrons. The number of aromatic nitrogens is 4. The molecule has 0 amide bonds. The molecule has 0 fully saturated rings. The fraction of sp³-hybridized carbons (Fsp3) is 0. The lowest BCUT2D eigenvalue weighted by atomic mass is 9.61. The molecule has 0 N–H and O–H groups in total. The summed E-state index contributed by atoms with van der Waals surface area (Å²) in [6.45, 7) is 0. The van der Waals surface area contributed by atoms with Crippen LogP contribution in [0, 0.1) is 0 Å². The fourth-order valence-corrected chi connectivity index (χ4v) is 15.1. The first-order valence-corrected chi connectivity index (χ1v) is 29.6. The Morgan fingerprint density at radius 1 is 0.259 bits per heavy atom. The van der Waals surface area contributed by atoms with Gasteiger partial charge in [-0.15, -0.1) is 33.2 Å². The van der Waals surface area contributed by atoms with Gasteiger partial charge in [-0.05, 0) is 56.3 Å². The van der Waals surface area contributed by atoms with Crippen molar-refractivity contribution in [2.24, 2.45) is 0 Å². The first-order valence-electron chi connectivity index (χ1n) is 28.8. The van der Waals surface area contributed by atoms with Crippen molar-refractivity contribution in [2.75, 3.05) is 0 Å². The van der Waals surface area contributed by atoms with Gasteiger partial charge in [-0.2, -0.15) is 0 Å². The number of hydrogen-bond acceptors (Lipinski definition) is 4. The van der Waals surface area contributed by atoms with Gasteiger partial charge in [-0.1, -0.05) is 173 Å². The quantitative estimate of drug-likeness (QED) is 0.149. The third kappa shape index (κ3) is 8.33. The van der Waals surface area contributed by atoms with E-state index in [9.17, 15) is 0 Å². The molecule has 9 aromatic carbocycles. The first kappa shape index (κ1) is 54.8. The summed E-state index contributed by atoms with van der Waals surface area (Å²) in [5, 5.41) is 5.16. The van der Waals surface area contributed by atoms with Crippen LogP contribution in [0.15, 0.2) is 103 Å². The maximum absolute atomic E-state index is 5.87. The second-order valence-electron chi connectivity index (χ2n) is 23.7. The molecule has 0 spiro atoms. The average molecular weight is 1030 g/mol. The lowest BCUT2D eigenvalue weighted by Gasteiger charge is -2.25. The monoisotopic (exact) mass is 1040 g/mol. The van der Waals surface area contributed by atoms with Gasteiger partial charge in [-0.3, -0.25) is 0 Å². The van der Waals surface area contributed by atoms with E-state index in [0.29, 0.717) is 17.5 Å². The van der Waals surface area contributed by atoms with Crippen LogP contribution < -0.4 is 104 Å². The zero-order valence-corrected chi connectivity index (χ0v) is 51.8. The summed E-state index contributed by atoms with van der Waals surface area (Å²) >= 11 is 1.91. The Balaban J connectivity index is 1.15. The summed E-state index contributed by atoms with van der Waals surface area (Å²) in [6.07, 6.45) is 0. The van der Waals surface area contributed by atoms with Crippen LogP contribution in [0.1, 0.15) is 0 Å². The molecule has 0 aliphatic rings. The Labute approximate surface area is 498 Å². The Morgan fingerprint density at radius 3 is 1.17 bits per heavy atom. The molecule has 0 unspecified atom stereocenters. The summed E-state index contributed by atoms with van der Waals surface area (Å²) in [7, 11) is 43.8. The molecular weight excluding hydrogens is 978 g/mol. The third-order valence-corrected chi connectivity index (χ3v) is 21.3. The van der Waals surface area contributed by atoms with Crippen molar-refractivity contribution in [3.05, 3.63) is 103 Å². The highest BCUT2D eigenvalue weighted by molar-refractivity contribution is 7.28. The van der Waals surface area contributed by atoms with E-state index in [1.165, 1.54) is 174 Å². The van der Waals surface area contributed by atoms with Gasteiger partial charge in [0.25, 0.3) is 0 Å². The molecule has 4 nitrogen and oxygen atoms in total. The number of thiophene rings is 1. The Morgan fingerprint density at radius 2 is 0.617 bits per heavy atom. The summed E-state index contributed by atoms with van der Waals surface area (Å²) in [4.78, 5) is 17.3. The van der Waals surface area contributed by atoms with Gasteiger partial charge in [0.2, 0.25) is 0 Å². The Kier molecular flexibility index (Phi) is 13.7.